The molecule has 0 saturated carbocycles. The molecule has 7 heteroatoms. The SMILES string of the molecule is C[C@@H](NC(=O)Nc1ccc2c(c1)OCCO2)c1ccon1. The minimum atomic E-state index is -0.331. The highest BCUT2D eigenvalue weighted by atomic mass is 16.6. The third-order valence-electron chi connectivity index (χ3n) is 3.05. The molecule has 0 aliphatic carbocycles. The summed E-state index contributed by atoms with van der Waals surface area (Å²) in [6, 6.07) is 6.38. The predicted octanol–water partition coefficient (Wildman–Crippen LogP) is 2.33. The highest BCUT2D eigenvalue weighted by molar-refractivity contribution is 5.89. The van der Waals surface area contributed by atoms with Crippen molar-refractivity contribution in [3.8, 4) is 11.5 Å². The summed E-state index contributed by atoms with van der Waals surface area (Å²) in [5, 5.41) is 9.29. The number of fused-ring (bicyclic) bond motifs is 1. The first-order valence-electron chi connectivity index (χ1n) is 6.60. The number of carbonyl (C=O) groups excluding carboxylic acids is 1. The molecule has 0 radical (unpaired) electrons. The van der Waals surface area contributed by atoms with Crippen molar-refractivity contribution in [1.82, 2.24) is 10.5 Å². The minimum Gasteiger partial charge on any atom is -0.486 e. The van der Waals surface area contributed by atoms with Gasteiger partial charge in [-0.25, -0.2) is 4.79 Å². The van der Waals surface area contributed by atoms with Crippen molar-refractivity contribution in [1.29, 1.82) is 0 Å². The molecule has 2 heterocycles. The van der Waals surface area contributed by atoms with Crippen LogP contribution in [0.3, 0.4) is 0 Å². The number of urea groups is 1. The van der Waals surface area contributed by atoms with Crippen molar-refractivity contribution < 1.29 is 18.8 Å². The summed E-state index contributed by atoms with van der Waals surface area (Å²) in [5.41, 5.74) is 1.29. The Morgan fingerprint density at radius 3 is 2.81 bits per heavy atom. The van der Waals surface area contributed by atoms with Gasteiger partial charge in [0.25, 0.3) is 0 Å². The van der Waals surface area contributed by atoms with Crippen LogP contribution in [0.5, 0.6) is 11.5 Å². The Kier molecular flexibility index (Phi) is 3.63. The van der Waals surface area contributed by atoms with Crippen LogP contribution in [0.2, 0.25) is 0 Å². The van der Waals surface area contributed by atoms with E-state index in [9.17, 15) is 4.79 Å². The lowest BCUT2D eigenvalue weighted by molar-refractivity contribution is 0.171. The molecule has 1 aromatic carbocycles. The van der Waals surface area contributed by atoms with E-state index in [1.165, 1.54) is 6.26 Å². The Morgan fingerprint density at radius 1 is 1.24 bits per heavy atom. The fourth-order valence-corrected chi connectivity index (χ4v) is 2.00. The quantitative estimate of drug-likeness (QED) is 0.905. The molecular weight excluding hydrogens is 274 g/mol. The van der Waals surface area contributed by atoms with E-state index in [0.29, 0.717) is 36.1 Å². The van der Waals surface area contributed by atoms with Crippen LogP contribution >= 0.6 is 0 Å². The summed E-state index contributed by atoms with van der Waals surface area (Å²) < 4.78 is 15.6. The number of ether oxygens (including phenoxy) is 2. The van der Waals surface area contributed by atoms with Crippen LogP contribution in [-0.4, -0.2) is 24.4 Å². The predicted molar refractivity (Wildman–Crippen MR) is 74.5 cm³/mol. The number of rotatable bonds is 3. The van der Waals surface area contributed by atoms with Gasteiger partial charge in [-0.3, -0.25) is 0 Å². The number of nitrogens with zero attached hydrogens (tertiary/aromatic N) is 1. The zero-order valence-corrected chi connectivity index (χ0v) is 11.5. The molecule has 0 saturated heterocycles. The van der Waals surface area contributed by atoms with E-state index >= 15 is 0 Å². The number of carbonyl (C=O) groups is 1. The maximum absolute atomic E-state index is 11.9. The van der Waals surface area contributed by atoms with Gasteiger partial charge < -0.3 is 24.6 Å². The van der Waals surface area contributed by atoms with Crippen molar-refractivity contribution in [2.75, 3.05) is 18.5 Å². The monoisotopic (exact) mass is 289 g/mol. The Bertz CT molecular complexity index is 627. The molecule has 21 heavy (non-hydrogen) atoms. The van der Waals surface area contributed by atoms with E-state index in [4.69, 9.17) is 14.0 Å². The zero-order chi connectivity index (χ0) is 14.7. The van der Waals surface area contributed by atoms with Gasteiger partial charge in [-0.05, 0) is 19.1 Å². The molecule has 2 amide bonds. The van der Waals surface area contributed by atoms with Gasteiger partial charge in [0.15, 0.2) is 11.5 Å². The zero-order valence-electron chi connectivity index (χ0n) is 11.5. The standard InChI is InChI=1S/C14H15N3O4/c1-9(11-4-5-21-17-11)15-14(18)16-10-2-3-12-13(8-10)20-7-6-19-12/h2-5,8-9H,6-7H2,1H3,(H2,15,16,18)/t9-/m1/s1. The van der Waals surface area contributed by atoms with Gasteiger partial charge in [0.05, 0.1) is 6.04 Å². The van der Waals surface area contributed by atoms with Crippen molar-refractivity contribution in [2.45, 2.75) is 13.0 Å². The molecule has 2 aromatic rings. The number of hydrogen-bond donors (Lipinski definition) is 2. The summed E-state index contributed by atoms with van der Waals surface area (Å²) in [5.74, 6) is 1.31. The van der Waals surface area contributed by atoms with E-state index in [1.807, 2.05) is 6.92 Å². The maximum atomic E-state index is 11.9. The molecule has 1 atom stereocenters. The molecule has 1 aromatic heterocycles. The largest absolute Gasteiger partial charge is 0.486 e. The highest BCUT2D eigenvalue weighted by Crippen LogP contribution is 2.32. The first kappa shape index (κ1) is 13.3. The second-order valence-electron chi connectivity index (χ2n) is 4.60. The Hall–Kier alpha value is -2.70. The molecule has 0 fully saturated rings. The molecule has 1 aliphatic heterocycles. The van der Waals surface area contributed by atoms with Gasteiger partial charge >= 0.3 is 6.03 Å². The number of amides is 2. The molecule has 1 aliphatic rings. The number of benzene rings is 1. The third-order valence-corrected chi connectivity index (χ3v) is 3.05. The Balaban J connectivity index is 1.62. The third kappa shape index (κ3) is 3.07. The Labute approximate surface area is 121 Å². The molecule has 110 valence electrons. The second kappa shape index (κ2) is 5.74. The van der Waals surface area contributed by atoms with Crippen LogP contribution in [0.4, 0.5) is 10.5 Å². The topological polar surface area (TPSA) is 85.6 Å². The number of anilines is 1. The van der Waals surface area contributed by atoms with E-state index in [1.54, 1.807) is 24.3 Å². The highest BCUT2D eigenvalue weighted by Gasteiger charge is 2.15. The van der Waals surface area contributed by atoms with Gasteiger partial charge in [-0.15, -0.1) is 0 Å². The van der Waals surface area contributed by atoms with Gasteiger partial charge in [-0.2, -0.15) is 0 Å². The summed E-state index contributed by atoms with van der Waals surface area (Å²) in [6.07, 6.45) is 1.46. The average Bonchev–Trinajstić information content (AvgIpc) is 3.01. The van der Waals surface area contributed by atoms with E-state index in [2.05, 4.69) is 15.8 Å². The van der Waals surface area contributed by atoms with Crippen LogP contribution in [0.25, 0.3) is 0 Å². The van der Waals surface area contributed by atoms with Crippen molar-refractivity contribution >= 4 is 11.7 Å². The summed E-state index contributed by atoms with van der Waals surface area (Å²) in [4.78, 5) is 11.9. The molecule has 0 spiro atoms. The molecule has 2 N–H and O–H groups in total. The first-order valence-corrected chi connectivity index (χ1v) is 6.60. The lowest BCUT2D eigenvalue weighted by atomic mass is 10.2. The fraction of sp³-hybridized carbons (Fsp3) is 0.286. The molecule has 0 bridgehead atoms. The van der Waals surface area contributed by atoms with Crippen LogP contribution in [0.1, 0.15) is 18.7 Å². The van der Waals surface area contributed by atoms with Crippen molar-refractivity contribution in [2.24, 2.45) is 0 Å². The minimum absolute atomic E-state index is 0.249. The van der Waals surface area contributed by atoms with E-state index < -0.39 is 0 Å². The molecular formula is C14H15N3O4. The average molecular weight is 289 g/mol. The molecule has 3 rings (SSSR count). The summed E-state index contributed by atoms with van der Waals surface area (Å²) in [7, 11) is 0. The lowest BCUT2D eigenvalue weighted by Gasteiger charge is -2.19. The van der Waals surface area contributed by atoms with Gasteiger partial charge in [0.1, 0.15) is 25.2 Å². The fourth-order valence-electron chi connectivity index (χ4n) is 2.00. The van der Waals surface area contributed by atoms with Crippen LogP contribution in [0, 0.1) is 0 Å². The molecule has 7 nitrogen and oxygen atoms in total. The van der Waals surface area contributed by atoms with E-state index in [-0.39, 0.29) is 12.1 Å². The van der Waals surface area contributed by atoms with Gasteiger partial charge in [0.2, 0.25) is 0 Å². The Morgan fingerprint density at radius 2 is 2.05 bits per heavy atom. The van der Waals surface area contributed by atoms with Crippen LogP contribution < -0.4 is 20.1 Å². The number of aromatic nitrogens is 1. The maximum Gasteiger partial charge on any atom is 0.319 e. The summed E-state index contributed by atoms with van der Waals surface area (Å²) >= 11 is 0. The number of hydrogen-bond acceptors (Lipinski definition) is 5. The van der Waals surface area contributed by atoms with Crippen LogP contribution in [-0.2, 0) is 0 Å². The number of nitrogens with one attached hydrogen (secondary N) is 2. The van der Waals surface area contributed by atoms with Crippen molar-refractivity contribution in [3.63, 3.8) is 0 Å². The van der Waals surface area contributed by atoms with Gasteiger partial charge in [-0.1, -0.05) is 5.16 Å². The van der Waals surface area contributed by atoms with Gasteiger partial charge in [0, 0.05) is 17.8 Å². The summed E-state index contributed by atoms with van der Waals surface area (Å²) in [6.45, 7) is 2.86. The second-order valence-corrected chi connectivity index (χ2v) is 4.60. The lowest BCUT2D eigenvalue weighted by Crippen LogP contribution is -2.31. The van der Waals surface area contributed by atoms with Crippen LogP contribution in [0.15, 0.2) is 35.1 Å². The smallest absolute Gasteiger partial charge is 0.319 e. The van der Waals surface area contributed by atoms with E-state index in [0.717, 1.165) is 0 Å². The normalized spacial score (nSPS) is 14.3. The molecule has 0 unspecified atom stereocenters. The van der Waals surface area contributed by atoms with Crippen molar-refractivity contribution in [3.05, 3.63) is 36.2 Å². The first-order chi connectivity index (χ1) is 10.2.